The van der Waals surface area contributed by atoms with Gasteiger partial charge in [-0.3, -0.25) is 9.78 Å². The number of aryl methyl sites for hydroxylation is 1. The van der Waals surface area contributed by atoms with Gasteiger partial charge < -0.3 is 9.97 Å². The van der Waals surface area contributed by atoms with Gasteiger partial charge in [-0.1, -0.05) is 0 Å². The Morgan fingerprint density at radius 1 is 0.955 bits per heavy atom. The van der Waals surface area contributed by atoms with E-state index in [2.05, 4.69) is 19.9 Å². The molecule has 0 atom stereocenters. The van der Waals surface area contributed by atoms with Crippen LogP contribution in [0.1, 0.15) is 5.56 Å². The van der Waals surface area contributed by atoms with Gasteiger partial charge in [0.05, 0.1) is 11.0 Å². The quantitative estimate of drug-likeness (QED) is 0.501. The van der Waals surface area contributed by atoms with Crippen LogP contribution in [0.5, 0.6) is 0 Å². The fourth-order valence-electron chi connectivity index (χ4n) is 2.69. The fourth-order valence-corrected chi connectivity index (χ4v) is 2.69. The van der Waals surface area contributed by atoms with Gasteiger partial charge in [-0.2, -0.15) is 0 Å². The van der Waals surface area contributed by atoms with Crippen molar-refractivity contribution >= 4 is 22.1 Å². The molecule has 0 bridgehead atoms. The number of imidazole rings is 1. The smallest absolute Gasteiger partial charge is 0.322 e. The van der Waals surface area contributed by atoms with Crippen molar-refractivity contribution in [3.05, 3.63) is 62.9 Å². The third-order valence-electron chi connectivity index (χ3n) is 3.73. The summed E-state index contributed by atoms with van der Waals surface area (Å²) in [6, 6.07) is 9.18. The molecule has 3 N–H and O–H groups in total. The van der Waals surface area contributed by atoms with Crippen molar-refractivity contribution in [2.45, 2.75) is 6.92 Å². The summed E-state index contributed by atoms with van der Waals surface area (Å²) in [7, 11) is 0. The number of benzene rings is 1. The van der Waals surface area contributed by atoms with Crippen LogP contribution >= 0.6 is 0 Å². The van der Waals surface area contributed by atoms with Gasteiger partial charge in [-0.05, 0) is 47.7 Å². The Hall–Kier alpha value is -3.15. The third kappa shape index (κ3) is 1.93. The molecule has 3 heterocycles. The number of pyridine rings is 2. The summed E-state index contributed by atoms with van der Waals surface area (Å²) in [5.74, 6) is 0. The molecule has 0 amide bonds. The normalized spacial score (nSPS) is 11.3. The monoisotopic (exact) mass is 292 g/mol. The average Bonchev–Trinajstić information content (AvgIpc) is 2.87. The van der Waals surface area contributed by atoms with Crippen LogP contribution in [0, 0.1) is 6.92 Å². The molecule has 0 unspecified atom stereocenters. The fraction of sp³-hybridized carbons (Fsp3) is 0.0625. The Morgan fingerprint density at radius 3 is 2.68 bits per heavy atom. The predicted molar refractivity (Wildman–Crippen MR) is 85.0 cm³/mol. The molecule has 4 aromatic rings. The van der Waals surface area contributed by atoms with E-state index < -0.39 is 0 Å². The second kappa shape index (κ2) is 4.42. The maximum Gasteiger partial charge on any atom is 0.325 e. The minimum atomic E-state index is -0.271. The first-order valence-electron chi connectivity index (χ1n) is 6.82. The highest BCUT2D eigenvalue weighted by molar-refractivity contribution is 5.88. The molecule has 0 saturated heterocycles. The number of aromatic nitrogens is 4. The van der Waals surface area contributed by atoms with Crippen LogP contribution in [-0.2, 0) is 0 Å². The molecule has 4 rings (SSSR count). The van der Waals surface area contributed by atoms with Crippen LogP contribution < -0.4 is 11.2 Å². The summed E-state index contributed by atoms with van der Waals surface area (Å²) in [5, 5.41) is 0.956. The van der Waals surface area contributed by atoms with Gasteiger partial charge in [0.15, 0.2) is 5.65 Å². The number of fused-ring (bicyclic) bond motifs is 2. The Kier molecular flexibility index (Phi) is 2.53. The van der Waals surface area contributed by atoms with E-state index in [0.29, 0.717) is 11.2 Å². The Balaban J connectivity index is 1.97. The number of hydrogen-bond donors (Lipinski definition) is 3. The van der Waals surface area contributed by atoms with Gasteiger partial charge in [-0.25, -0.2) is 9.78 Å². The number of nitrogens with one attached hydrogen (secondary N) is 3. The molecular formula is C16H12N4O2. The zero-order chi connectivity index (χ0) is 15.3. The molecule has 6 heteroatoms. The highest BCUT2D eigenvalue weighted by atomic mass is 16.1. The van der Waals surface area contributed by atoms with Crippen molar-refractivity contribution in [1.29, 1.82) is 0 Å². The van der Waals surface area contributed by atoms with Gasteiger partial charge in [0, 0.05) is 17.8 Å². The van der Waals surface area contributed by atoms with Crippen LogP contribution in [0.25, 0.3) is 33.2 Å². The van der Waals surface area contributed by atoms with E-state index >= 15 is 0 Å². The Labute approximate surface area is 123 Å². The molecule has 0 radical (unpaired) electrons. The first-order chi connectivity index (χ1) is 10.6. The molecule has 108 valence electrons. The van der Waals surface area contributed by atoms with Crippen molar-refractivity contribution < 1.29 is 0 Å². The molecule has 0 spiro atoms. The predicted octanol–water partition coefficient (Wildman–Crippen LogP) is 2.07. The summed E-state index contributed by atoms with van der Waals surface area (Å²) in [5.41, 5.74) is 4.52. The van der Waals surface area contributed by atoms with E-state index in [9.17, 15) is 9.59 Å². The zero-order valence-corrected chi connectivity index (χ0v) is 11.7. The number of rotatable bonds is 1. The SMILES string of the molecule is Cc1cc(-c2cnc3[nH]c(=O)[nH]c3c2)cc2ccc(=O)[nH]c12. The summed E-state index contributed by atoms with van der Waals surface area (Å²) in [4.78, 5) is 35.2. The maximum atomic E-state index is 11.4. The van der Waals surface area contributed by atoms with Crippen LogP contribution in [0.2, 0.25) is 0 Å². The van der Waals surface area contributed by atoms with E-state index in [-0.39, 0.29) is 11.2 Å². The molecule has 6 nitrogen and oxygen atoms in total. The second-order valence-corrected chi connectivity index (χ2v) is 5.28. The van der Waals surface area contributed by atoms with E-state index in [1.165, 1.54) is 6.07 Å². The lowest BCUT2D eigenvalue weighted by molar-refractivity contribution is 1.20. The minimum Gasteiger partial charge on any atom is -0.322 e. The summed E-state index contributed by atoms with van der Waals surface area (Å²) >= 11 is 0. The van der Waals surface area contributed by atoms with Crippen molar-refractivity contribution in [2.24, 2.45) is 0 Å². The van der Waals surface area contributed by atoms with Gasteiger partial charge >= 0.3 is 5.69 Å². The number of H-pyrrole nitrogens is 3. The van der Waals surface area contributed by atoms with E-state index in [1.54, 1.807) is 12.3 Å². The molecule has 1 aromatic carbocycles. The number of aromatic amines is 3. The standard InChI is InChI=1S/C16H12N4O2/c1-8-4-10(5-9-2-3-13(21)19-14(8)9)11-6-12-15(17-7-11)20-16(22)18-12/h2-7H,1H3,(H,19,21)(H2,17,18,20,22). The second-order valence-electron chi connectivity index (χ2n) is 5.28. The maximum absolute atomic E-state index is 11.4. The molecule has 0 fully saturated rings. The third-order valence-corrected chi connectivity index (χ3v) is 3.73. The number of nitrogens with zero attached hydrogens (tertiary/aromatic N) is 1. The molecule has 22 heavy (non-hydrogen) atoms. The molecule has 0 aliphatic heterocycles. The van der Waals surface area contributed by atoms with Crippen LogP contribution in [-0.4, -0.2) is 19.9 Å². The van der Waals surface area contributed by atoms with E-state index in [0.717, 1.165) is 27.6 Å². The molecule has 0 saturated carbocycles. The van der Waals surface area contributed by atoms with Gasteiger partial charge in [0.25, 0.3) is 0 Å². The zero-order valence-electron chi connectivity index (χ0n) is 11.7. The van der Waals surface area contributed by atoms with Crippen LogP contribution in [0.4, 0.5) is 0 Å². The Bertz CT molecular complexity index is 1130. The lowest BCUT2D eigenvalue weighted by Crippen LogP contribution is -2.03. The lowest BCUT2D eigenvalue weighted by Gasteiger charge is -2.07. The summed E-state index contributed by atoms with van der Waals surface area (Å²) in [6.07, 6.45) is 1.72. The highest BCUT2D eigenvalue weighted by Gasteiger charge is 2.07. The molecule has 0 aliphatic carbocycles. The molecule has 3 aromatic heterocycles. The van der Waals surface area contributed by atoms with Crippen molar-refractivity contribution in [3.63, 3.8) is 0 Å². The summed E-state index contributed by atoms with van der Waals surface area (Å²) in [6.45, 7) is 1.95. The van der Waals surface area contributed by atoms with Crippen LogP contribution in [0.3, 0.4) is 0 Å². The van der Waals surface area contributed by atoms with E-state index in [1.807, 2.05) is 25.1 Å². The average molecular weight is 292 g/mol. The largest absolute Gasteiger partial charge is 0.325 e. The van der Waals surface area contributed by atoms with Crippen molar-refractivity contribution in [2.75, 3.05) is 0 Å². The topological polar surface area (TPSA) is 94.4 Å². The van der Waals surface area contributed by atoms with Gasteiger partial charge in [0.1, 0.15) is 0 Å². The van der Waals surface area contributed by atoms with Crippen molar-refractivity contribution in [3.8, 4) is 11.1 Å². The highest BCUT2D eigenvalue weighted by Crippen LogP contribution is 2.26. The van der Waals surface area contributed by atoms with Gasteiger partial charge in [0.2, 0.25) is 5.56 Å². The molecular weight excluding hydrogens is 280 g/mol. The summed E-state index contributed by atoms with van der Waals surface area (Å²) < 4.78 is 0. The van der Waals surface area contributed by atoms with Crippen molar-refractivity contribution in [1.82, 2.24) is 19.9 Å². The number of hydrogen-bond acceptors (Lipinski definition) is 3. The molecule has 0 aliphatic rings. The first kappa shape index (κ1) is 12.6. The Morgan fingerprint density at radius 2 is 1.82 bits per heavy atom. The lowest BCUT2D eigenvalue weighted by atomic mass is 10.0. The van der Waals surface area contributed by atoms with Gasteiger partial charge in [-0.15, -0.1) is 0 Å². The van der Waals surface area contributed by atoms with E-state index in [4.69, 9.17) is 0 Å². The van der Waals surface area contributed by atoms with Crippen LogP contribution in [0.15, 0.2) is 46.1 Å². The minimum absolute atomic E-state index is 0.115. The first-order valence-corrected chi connectivity index (χ1v) is 6.82.